The van der Waals surface area contributed by atoms with Crippen LogP contribution in [0.3, 0.4) is 0 Å². The van der Waals surface area contributed by atoms with Crippen LogP contribution in [0.4, 0.5) is 0 Å². The molecule has 0 saturated carbocycles. The van der Waals surface area contributed by atoms with E-state index in [1.807, 2.05) is 6.20 Å². The van der Waals surface area contributed by atoms with Crippen molar-refractivity contribution in [2.24, 2.45) is 11.3 Å². The molecular weight excluding hydrogens is 374 g/mol. The molecule has 31 heavy (non-hydrogen) atoms. The Morgan fingerprint density at radius 3 is 2.19 bits per heavy atom. The van der Waals surface area contributed by atoms with Crippen molar-refractivity contribution in [3.8, 4) is 33.5 Å². The van der Waals surface area contributed by atoms with Gasteiger partial charge in [-0.3, -0.25) is 4.98 Å². The standard InChI is InChI=1S/C30H31N/c1-19(2)14-21-15-22-12-13-31-29-25-9-7-6-8-23(25)26-16-20(18-30(3,4)5)10-11-24(26)27(17-21)28(22)29/h6-13,15-17,19H,14,18H2,1-5H3. The molecule has 1 nitrogen and oxygen atoms in total. The lowest BCUT2D eigenvalue weighted by atomic mass is 9.85. The third-order valence-electron chi connectivity index (χ3n) is 6.15. The van der Waals surface area contributed by atoms with E-state index >= 15 is 0 Å². The van der Waals surface area contributed by atoms with Gasteiger partial charge in [0.1, 0.15) is 0 Å². The zero-order valence-electron chi connectivity index (χ0n) is 19.3. The number of benzene rings is 3. The van der Waals surface area contributed by atoms with Gasteiger partial charge in [0.15, 0.2) is 0 Å². The Labute approximate surface area is 186 Å². The highest BCUT2D eigenvalue weighted by Crippen LogP contribution is 2.47. The van der Waals surface area contributed by atoms with E-state index < -0.39 is 0 Å². The number of fused-ring (bicyclic) bond motifs is 5. The topological polar surface area (TPSA) is 12.9 Å². The van der Waals surface area contributed by atoms with Crippen LogP contribution in [0.5, 0.6) is 0 Å². The van der Waals surface area contributed by atoms with Crippen LogP contribution in [0.15, 0.2) is 66.9 Å². The number of nitrogens with zero attached hydrogens (tertiary/aromatic N) is 1. The highest BCUT2D eigenvalue weighted by molar-refractivity contribution is 6.12. The molecule has 1 heterocycles. The molecule has 5 rings (SSSR count). The van der Waals surface area contributed by atoms with Gasteiger partial charge in [0.2, 0.25) is 0 Å². The van der Waals surface area contributed by atoms with Crippen molar-refractivity contribution >= 4 is 10.8 Å². The van der Waals surface area contributed by atoms with Gasteiger partial charge in [0, 0.05) is 17.1 Å². The first kappa shape index (κ1) is 20.0. The molecule has 1 aromatic heterocycles. The summed E-state index contributed by atoms with van der Waals surface area (Å²) >= 11 is 0. The van der Waals surface area contributed by atoms with E-state index in [0.29, 0.717) is 5.92 Å². The van der Waals surface area contributed by atoms with Gasteiger partial charge in [-0.25, -0.2) is 0 Å². The normalized spacial score (nSPS) is 12.6. The lowest BCUT2D eigenvalue weighted by Crippen LogP contribution is -2.09. The van der Waals surface area contributed by atoms with Gasteiger partial charge in [-0.05, 0) is 69.0 Å². The minimum Gasteiger partial charge on any atom is -0.256 e. The van der Waals surface area contributed by atoms with Crippen molar-refractivity contribution in [3.05, 3.63) is 78.0 Å². The summed E-state index contributed by atoms with van der Waals surface area (Å²) < 4.78 is 0. The SMILES string of the molecule is CC(C)Cc1cc2c3c(nccc3c1)-c1ccccc1-c1cc(CC(C)(C)C)ccc1-2. The summed E-state index contributed by atoms with van der Waals surface area (Å²) in [4.78, 5) is 4.89. The van der Waals surface area contributed by atoms with Crippen LogP contribution in [0, 0.1) is 11.3 Å². The predicted octanol–water partition coefficient (Wildman–Crippen LogP) is 8.34. The van der Waals surface area contributed by atoms with E-state index in [1.54, 1.807) is 0 Å². The van der Waals surface area contributed by atoms with Crippen LogP contribution in [-0.4, -0.2) is 4.98 Å². The third-order valence-corrected chi connectivity index (χ3v) is 6.15. The molecule has 0 aliphatic heterocycles. The zero-order chi connectivity index (χ0) is 21.8. The van der Waals surface area contributed by atoms with Crippen LogP contribution in [0.25, 0.3) is 44.3 Å². The van der Waals surface area contributed by atoms with Crippen LogP contribution in [-0.2, 0) is 12.8 Å². The maximum Gasteiger partial charge on any atom is 0.0792 e. The molecule has 1 heteroatoms. The first-order valence-corrected chi connectivity index (χ1v) is 11.4. The fraction of sp³-hybridized carbons (Fsp3) is 0.300. The molecule has 4 aromatic rings. The van der Waals surface area contributed by atoms with Gasteiger partial charge in [0.25, 0.3) is 0 Å². The average Bonchev–Trinajstić information content (AvgIpc) is 2.81. The Hall–Kier alpha value is -2.93. The molecule has 0 saturated heterocycles. The second kappa shape index (κ2) is 7.34. The summed E-state index contributed by atoms with van der Waals surface area (Å²) in [7, 11) is 0. The molecule has 0 N–H and O–H groups in total. The summed E-state index contributed by atoms with van der Waals surface area (Å²) in [5, 5.41) is 2.57. The van der Waals surface area contributed by atoms with E-state index in [9.17, 15) is 0 Å². The summed E-state index contributed by atoms with van der Waals surface area (Å²) in [6, 6.07) is 22.8. The Morgan fingerprint density at radius 1 is 0.742 bits per heavy atom. The highest BCUT2D eigenvalue weighted by Gasteiger charge is 2.23. The Balaban J connectivity index is 1.85. The van der Waals surface area contributed by atoms with Gasteiger partial charge < -0.3 is 0 Å². The van der Waals surface area contributed by atoms with Gasteiger partial charge in [-0.1, -0.05) is 89.2 Å². The van der Waals surface area contributed by atoms with Gasteiger partial charge >= 0.3 is 0 Å². The Bertz CT molecular complexity index is 1290. The third kappa shape index (κ3) is 3.67. The molecule has 1 aliphatic rings. The molecule has 0 atom stereocenters. The second-order valence-corrected chi connectivity index (χ2v) is 10.7. The van der Waals surface area contributed by atoms with E-state index in [-0.39, 0.29) is 5.41 Å². The smallest absolute Gasteiger partial charge is 0.0792 e. The number of hydrogen-bond acceptors (Lipinski definition) is 1. The summed E-state index contributed by atoms with van der Waals surface area (Å²) in [6.45, 7) is 11.5. The van der Waals surface area contributed by atoms with Crippen LogP contribution >= 0.6 is 0 Å². The fourth-order valence-electron chi connectivity index (χ4n) is 5.08. The Morgan fingerprint density at radius 2 is 1.45 bits per heavy atom. The monoisotopic (exact) mass is 405 g/mol. The summed E-state index contributed by atoms with van der Waals surface area (Å²) in [6.07, 6.45) is 4.12. The minimum absolute atomic E-state index is 0.257. The lowest BCUT2D eigenvalue weighted by Gasteiger charge is -2.20. The molecule has 1 aliphatic carbocycles. The van der Waals surface area contributed by atoms with Crippen molar-refractivity contribution in [1.82, 2.24) is 4.98 Å². The molecule has 156 valence electrons. The number of rotatable bonds is 3. The van der Waals surface area contributed by atoms with Crippen LogP contribution in [0.1, 0.15) is 45.7 Å². The maximum atomic E-state index is 4.89. The number of aromatic nitrogens is 1. The van der Waals surface area contributed by atoms with Gasteiger partial charge in [-0.2, -0.15) is 0 Å². The van der Waals surface area contributed by atoms with Gasteiger partial charge in [0.05, 0.1) is 5.69 Å². The van der Waals surface area contributed by atoms with Crippen LogP contribution in [0.2, 0.25) is 0 Å². The zero-order valence-corrected chi connectivity index (χ0v) is 19.3. The molecule has 0 bridgehead atoms. The molecule has 0 radical (unpaired) electrons. The lowest BCUT2D eigenvalue weighted by molar-refractivity contribution is 0.411. The fourth-order valence-corrected chi connectivity index (χ4v) is 5.08. The molecule has 0 unspecified atom stereocenters. The minimum atomic E-state index is 0.257. The molecule has 3 aromatic carbocycles. The van der Waals surface area contributed by atoms with Crippen LogP contribution < -0.4 is 0 Å². The highest BCUT2D eigenvalue weighted by atomic mass is 14.7. The number of hydrogen-bond donors (Lipinski definition) is 0. The van der Waals surface area contributed by atoms with Crippen molar-refractivity contribution in [3.63, 3.8) is 0 Å². The molecule has 0 spiro atoms. The quantitative estimate of drug-likeness (QED) is 0.294. The van der Waals surface area contributed by atoms with E-state index in [4.69, 9.17) is 4.98 Å². The van der Waals surface area contributed by atoms with E-state index in [1.165, 1.54) is 49.7 Å². The van der Waals surface area contributed by atoms with Crippen molar-refractivity contribution in [2.75, 3.05) is 0 Å². The largest absolute Gasteiger partial charge is 0.256 e. The number of pyridine rings is 1. The maximum absolute atomic E-state index is 4.89. The molecule has 0 fully saturated rings. The summed E-state index contributed by atoms with van der Waals surface area (Å²) in [5.41, 5.74) is 10.7. The van der Waals surface area contributed by atoms with E-state index in [0.717, 1.165) is 18.5 Å². The summed E-state index contributed by atoms with van der Waals surface area (Å²) in [5.74, 6) is 0.627. The van der Waals surface area contributed by atoms with Gasteiger partial charge in [-0.15, -0.1) is 0 Å². The average molecular weight is 406 g/mol. The molecular formula is C30H31N. The Kier molecular flexibility index (Phi) is 4.73. The van der Waals surface area contributed by atoms with Crippen molar-refractivity contribution in [1.29, 1.82) is 0 Å². The van der Waals surface area contributed by atoms with Crippen molar-refractivity contribution < 1.29 is 0 Å². The predicted molar refractivity (Wildman–Crippen MR) is 133 cm³/mol. The first-order chi connectivity index (χ1) is 14.8. The van der Waals surface area contributed by atoms with Crippen molar-refractivity contribution in [2.45, 2.75) is 47.5 Å². The first-order valence-electron chi connectivity index (χ1n) is 11.4. The second-order valence-electron chi connectivity index (χ2n) is 10.7. The molecule has 0 amide bonds. The van der Waals surface area contributed by atoms with E-state index in [2.05, 4.69) is 95.3 Å².